The van der Waals surface area contributed by atoms with Gasteiger partial charge in [-0.05, 0) is 31.2 Å². The molecule has 4 aromatic rings. The molecule has 29 heavy (non-hydrogen) atoms. The zero-order valence-corrected chi connectivity index (χ0v) is 17.8. The molecule has 2 aromatic heterocycles. The summed E-state index contributed by atoms with van der Waals surface area (Å²) in [4.78, 5) is 26.0. The van der Waals surface area contributed by atoms with Crippen molar-refractivity contribution >= 4 is 73.5 Å². The maximum atomic E-state index is 12.9. The number of nitrogens with one attached hydrogen (secondary N) is 1. The predicted octanol–water partition coefficient (Wildman–Crippen LogP) is 6.76. The molecule has 10 heteroatoms. The first kappa shape index (κ1) is 19.8. The minimum atomic E-state index is -0.636. The molecule has 0 atom stereocenters. The summed E-state index contributed by atoms with van der Waals surface area (Å²) in [6.07, 6.45) is 0. The van der Waals surface area contributed by atoms with Crippen LogP contribution in [0.25, 0.3) is 10.1 Å². The van der Waals surface area contributed by atoms with Crippen LogP contribution in [0, 0.1) is 6.92 Å². The number of hydrogen-bond donors (Lipinski definition) is 1. The summed E-state index contributed by atoms with van der Waals surface area (Å²) in [6.45, 7) is 1.62. The topological polar surface area (TPSA) is 79.6 Å². The molecule has 2 aromatic carbocycles. The fraction of sp³-hybridized carbons (Fsp3) is 0.0526. The summed E-state index contributed by atoms with van der Waals surface area (Å²) in [6, 6.07) is 12.1. The van der Waals surface area contributed by atoms with E-state index < -0.39 is 11.5 Å². The first-order valence-corrected chi connectivity index (χ1v) is 10.2. The highest BCUT2D eigenvalue weighted by Gasteiger charge is 2.23. The molecule has 146 valence electrons. The molecule has 0 bridgehead atoms. The summed E-state index contributed by atoms with van der Waals surface area (Å²) >= 11 is 19.6. The van der Waals surface area contributed by atoms with Crippen LogP contribution >= 0.6 is 46.1 Å². The molecule has 0 unspecified atom stereocenters. The van der Waals surface area contributed by atoms with Crippen LogP contribution in [0.3, 0.4) is 0 Å². The number of carbonyl (C=O) groups is 1. The van der Waals surface area contributed by atoms with Crippen LogP contribution in [0.2, 0.25) is 15.1 Å². The second-order valence-corrected chi connectivity index (χ2v) is 8.34. The molecule has 0 saturated carbocycles. The molecular weight excluding hydrogens is 455 g/mol. The third-order valence-electron chi connectivity index (χ3n) is 4.14. The molecule has 0 amide bonds. The first-order chi connectivity index (χ1) is 13.9. The molecule has 0 fully saturated rings. The lowest BCUT2D eigenvalue weighted by molar-refractivity contribution is 0.0945. The first-order valence-electron chi connectivity index (χ1n) is 8.27. The molecule has 0 aliphatic heterocycles. The summed E-state index contributed by atoms with van der Waals surface area (Å²) < 4.78 is 1.73. The second kappa shape index (κ2) is 7.76. The van der Waals surface area contributed by atoms with Crippen LogP contribution < -0.4 is 5.56 Å². The number of carbonyl (C=O) groups excluding carboxylic acids is 1. The number of thiophene rings is 1. The lowest BCUT2D eigenvalue weighted by Crippen LogP contribution is -2.24. The molecule has 4 rings (SSSR count). The number of benzene rings is 2. The number of hydrogen-bond acceptors (Lipinski definition) is 5. The van der Waals surface area contributed by atoms with Gasteiger partial charge in [0, 0.05) is 15.1 Å². The second-order valence-electron chi connectivity index (χ2n) is 6.07. The molecule has 0 aliphatic rings. The summed E-state index contributed by atoms with van der Waals surface area (Å²) in [5.74, 6) is -0.563. The number of aromatic amines is 1. The maximum absolute atomic E-state index is 12.9. The Labute approximate surface area is 183 Å². The molecule has 0 radical (unpaired) electrons. The number of azo groups is 1. The highest BCUT2D eigenvalue weighted by Crippen LogP contribution is 2.35. The molecule has 1 N–H and O–H groups in total. The molecule has 0 spiro atoms. The normalized spacial score (nSPS) is 11.6. The van der Waals surface area contributed by atoms with Gasteiger partial charge in [-0.1, -0.05) is 53.0 Å². The van der Waals surface area contributed by atoms with Crippen molar-refractivity contribution in [2.24, 2.45) is 10.2 Å². The van der Waals surface area contributed by atoms with E-state index in [4.69, 9.17) is 34.8 Å². The SMILES string of the molecule is Cc1[nH]n(C(=O)c2sc3ccccc3c2Cl)c(=O)c1N=Nc1cc(Cl)ccc1Cl. The van der Waals surface area contributed by atoms with Crippen molar-refractivity contribution in [1.82, 2.24) is 9.78 Å². The Kier molecular flexibility index (Phi) is 5.31. The van der Waals surface area contributed by atoms with Gasteiger partial charge in [-0.15, -0.1) is 21.6 Å². The predicted molar refractivity (Wildman–Crippen MR) is 117 cm³/mol. The van der Waals surface area contributed by atoms with Crippen molar-refractivity contribution in [1.29, 1.82) is 0 Å². The third-order valence-corrected chi connectivity index (χ3v) is 6.36. The lowest BCUT2D eigenvalue weighted by Gasteiger charge is -1.98. The molecule has 2 heterocycles. The monoisotopic (exact) mass is 464 g/mol. The van der Waals surface area contributed by atoms with Gasteiger partial charge in [0.2, 0.25) is 0 Å². The summed E-state index contributed by atoms with van der Waals surface area (Å²) in [5, 5.41) is 12.5. The Morgan fingerprint density at radius 3 is 2.62 bits per heavy atom. The van der Waals surface area contributed by atoms with Crippen molar-refractivity contribution in [3.05, 3.63) is 78.5 Å². The number of fused-ring (bicyclic) bond motifs is 1. The third kappa shape index (κ3) is 3.62. The Bertz CT molecular complexity index is 1350. The van der Waals surface area contributed by atoms with Gasteiger partial charge in [-0.3, -0.25) is 14.7 Å². The molecule has 0 saturated heterocycles. The van der Waals surface area contributed by atoms with Crippen LogP contribution in [-0.4, -0.2) is 15.7 Å². The van der Waals surface area contributed by atoms with Crippen molar-refractivity contribution in [2.75, 3.05) is 0 Å². The lowest BCUT2D eigenvalue weighted by atomic mass is 10.2. The minimum Gasteiger partial charge on any atom is -0.290 e. The zero-order chi connectivity index (χ0) is 20.7. The highest BCUT2D eigenvalue weighted by atomic mass is 35.5. The quantitative estimate of drug-likeness (QED) is 0.339. The average Bonchev–Trinajstić information content (AvgIpc) is 3.19. The van der Waals surface area contributed by atoms with E-state index in [2.05, 4.69) is 15.3 Å². The van der Waals surface area contributed by atoms with E-state index in [0.717, 1.165) is 14.8 Å². The highest BCUT2D eigenvalue weighted by molar-refractivity contribution is 7.21. The van der Waals surface area contributed by atoms with Crippen LogP contribution in [-0.2, 0) is 0 Å². The van der Waals surface area contributed by atoms with Gasteiger partial charge >= 0.3 is 5.56 Å². The fourth-order valence-electron chi connectivity index (χ4n) is 2.72. The van der Waals surface area contributed by atoms with Gasteiger partial charge < -0.3 is 0 Å². The smallest absolute Gasteiger partial charge is 0.290 e. The molecular formula is C19H11Cl3N4O2S. The zero-order valence-electron chi connectivity index (χ0n) is 14.7. The van der Waals surface area contributed by atoms with Crippen molar-refractivity contribution in [3.8, 4) is 0 Å². The Hall–Kier alpha value is -2.45. The van der Waals surface area contributed by atoms with E-state index in [9.17, 15) is 9.59 Å². The minimum absolute atomic E-state index is 0.00775. The summed E-state index contributed by atoms with van der Waals surface area (Å²) in [7, 11) is 0. The Balaban J connectivity index is 1.74. The fourth-order valence-corrected chi connectivity index (χ4v) is 4.48. The Morgan fingerprint density at radius 1 is 1.10 bits per heavy atom. The number of halogens is 3. The van der Waals surface area contributed by atoms with Gasteiger partial charge in [-0.2, -0.15) is 4.68 Å². The van der Waals surface area contributed by atoms with Gasteiger partial charge in [0.25, 0.3) is 5.91 Å². The van der Waals surface area contributed by atoms with E-state index in [1.54, 1.807) is 19.1 Å². The number of aromatic nitrogens is 2. The van der Waals surface area contributed by atoms with Crippen molar-refractivity contribution in [2.45, 2.75) is 6.92 Å². The van der Waals surface area contributed by atoms with Gasteiger partial charge in [0.05, 0.1) is 15.7 Å². The van der Waals surface area contributed by atoms with Crippen LogP contribution in [0.4, 0.5) is 11.4 Å². The molecule has 0 aliphatic carbocycles. The van der Waals surface area contributed by atoms with Crippen LogP contribution in [0.5, 0.6) is 0 Å². The van der Waals surface area contributed by atoms with Crippen LogP contribution in [0.15, 0.2) is 57.5 Å². The average molecular weight is 466 g/mol. The van der Waals surface area contributed by atoms with Gasteiger partial charge in [0.1, 0.15) is 10.6 Å². The largest absolute Gasteiger partial charge is 0.302 e. The van der Waals surface area contributed by atoms with Gasteiger partial charge in [-0.25, -0.2) is 0 Å². The number of nitrogens with zero attached hydrogens (tertiary/aromatic N) is 3. The van der Waals surface area contributed by atoms with Crippen molar-refractivity contribution < 1.29 is 4.79 Å². The summed E-state index contributed by atoms with van der Waals surface area (Å²) in [5.41, 5.74) is 0.0432. The number of H-pyrrole nitrogens is 1. The van der Waals surface area contributed by atoms with Crippen molar-refractivity contribution in [3.63, 3.8) is 0 Å². The molecule has 6 nitrogen and oxygen atoms in total. The van der Waals surface area contributed by atoms with E-state index in [-0.39, 0.29) is 10.6 Å². The number of rotatable bonds is 3. The van der Waals surface area contributed by atoms with Gasteiger partial charge in [0.15, 0.2) is 5.69 Å². The van der Waals surface area contributed by atoms with E-state index >= 15 is 0 Å². The maximum Gasteiger partial charge on any atom is 0.302 e. The Morgan fingerprint density at radius 2 is 1.86 bits per heavy atom. The standard InChI is InChI=1S/C19H11Cl3N4O2S/c1-9-16(24-23-13-8-10(20)6-7-12(13)21)18(27)26(25-9)19(28)17-15(22)11-4-2-3-5-14(11)29-17/h2-8,25H,1H3. The van der Waals surface area contributed by atoms with E-state index in [0.29, 0.717) is 26.4 Å². The van der Waals surface area contributed by atoms with E-state index in [1.807, 2.05) is 24.3 Å². The van der Waals surface area contributed by atoms with E-state index in [1.165, 1.54) is 17.4 Å². The number of aryl methyl sites for hydroxylation is 1. The van der Waals surface area contributed by atoms with Crippen LogP contribution in [0.1, 0.15) is 15.4 Å².